The van der Waals surface area contributed by atoms with Gasteiger partial charge in [0.05, 0.1) is 25.9 Å². The summed E-state index contributed by atoms with van der Waals surface area (Å²) in [6.07, 6.45) is -9.75. The minimum atomic E-state index is -3.25. The number of fused-ring (bicyclic) bond motifs is 1. The van der Waals surface area contributed by atoms with Crippen molar-refractivity contribution in [2.24, 2.45) is 0 Å². The Bertz CT molecular complexity index is 1650. The second-order valence-electron chi connectivity index (χ2n) is 15.6. The molecule has 0 saturated carbocycles. The quantitative estimate of drug-likeness (QED) is 0.140. The third-order valence-corrected chi connectivity index (χ3v) is 15.1. The number of rotatable bonds is 14. The zero-order valence-corrected chi connectivity index (χ0v) is 34.8. The van der Waals surface area contributed by atoms with Crippen LogP contribution >= 0.6 is 8.25 Å². The molecule has 2 aromatic rings. The second-order valence-corrected chi connectivity index (χ2v) is 21.0. The molecule has 3 saturated heterocycles. The minimum Gasteiger partial charge on any atom is -0.457 e. The van der Waals surface area contributed by atoms with Crippen molar-refractivity contribution >= 4 is 34.4 Å². The highest BCUT2D eigenvalue weighted by molar-refractivity contribution is 7.32. The van der Waals surface area contributed by atoms with Gasteiger partial charge in [0.2, 0.25) is 18.1 Å². The van der Waals surface area contributed by atoms with Crippen LogP contribution in [0.3, 0.4) is 0 Å². The Hall–Kier alpha value is -3.19. The molecule has 0 spiro atoms. The van der Waals surface area contributed by atoms with Gasteiger partial charge in [-0.25, -0.2) is 0 Å². The average molecular weight is 822 g/mol. The third kappa shape index (κ3) is 11.3. The largest absolute Gasteiger partial charge is 0.697 e. The van der Waals surface area contributed by atoms with Gasteiger partial charge in [0.1, 0.15) is 36.5 Å². The van der Waals surface area contributed by atoms with Crippen LogP contribution in [0.5, 0.6) is 0 Å². The van der Waals surface area contributed by atoms with Gasteiger partial charge in [-0.05, 0) is 23.7 Å². The van der Waals surface area contributed by atoms with Crippen LogP contribution in [0, 0.1) is 0 Å². The fourth-order valence-corrected chi connectivity index (χ4v) is 8.31. The van der Waals surface area contributed by atoms with E-state index in [1.54, 1.807) is 0 Å². The van der Waals surface area contributed by atoms with Gasteiger partial charge in [0.25, 0.3) is 0 Å². The summed E-state index contributed by atoms with van der Waals surface area (Å²) >= 11 is 0. The van der Waals surface area contributed by atoms with Gasteiger partial charge in [-0.1, -0.05) is 86.0 Å². The van der Waals surface area contributed by atoms with Crippen molar-refractivity contribution < 1.29 is 65.9 Å². The van der Waals surface area contributed by atoms with Gasteiger partial charge >= 0.3 is 14.2 Å². The molecule has 0 aromatic heterocycles. The Morgan fingerprint density at radius 2 is 1.46 bits per heavy atom. The lowest BCUT2D eigenvalue weighted by molar-refractivity contribution is -0.362. The molecule has 3 aliphatic heterocycles. The molecule has 16 nitrogen and oxygen atoms in total. The van der Waals surface area contributed by atoms with Gasteiger partial charge in [-0.2, -0.15) is 0 Å². The fourth-order valence-electron chi connectivity index (χ4n) is 6.64. The number of carbonyl (C=O) groups excluding carboxylic acids is 3. The first kappa shape index (κ1) is 43.9. The molecular weight excluding hydrogens is 767 g/mol. The van der Waals surface area contributed by atoms with Crippen molar-refractivity contribution in [3.05, 3.63) is 71.8 Å². The fraction of sp³-hybridized carbons (Fsp3) is 0.605. The standard InChI is InChI=1S/C38H53N2O14PSi/c1-22(41)39-29-33(48-24(3)43)31(27(50-37(29)53-55(44)45)20-46-19-25-15-11-9-12-16-25)52-36-30(40-23(2)42)34(54-56(7,8)38(4,5)6)32-28(49-36)21-47-35(51-32)26-17-13-10-14-18-26/h9-18,27-37H,19-21H2,1-8H3,(H2-,39,40,41,42,44,45)/p+1/t27-,28-,29-,30-,31+,32+,33-,34-,35?,36+,37-/m1/s1. The Kier molecular flexibility index (Phi) is 14.9. The SMILES string of the molecule is CC(=O)N[C@H]1[C@H](O[C@@H]2[C@H](OC(C)=O)[C@@H](NC(C)=O)[C@@H](O[P+](=O)O)O[C@@H]2COCc2ccccc2)O[C@@H]2COC(c3ccccc3)O[C@@H]2[C@@H]1O[Si](C)(C)C(C)(C)C. The maximum Gasteiger partial charge on any atom is 0.697 e. The minimum absolute atomic E-state index is 0.0698. The van der Waals surface area contributed by atoms with Crippen LogP contribution in [0.1, 0.15) is 59.0 Å². The van der Waals surface area contributed by atoms with E-state index in [0.717, 1.165) is 11.1 Å². The summed E-state index contributed by atoms with van der Waals surface area (Å²) in [4.78, 5) is 48.0. The summed E-state index contributed by atoms with van der Waals surface area (Å²) in [6.45, 7) is 14.2. The van der Waals surface area contributed by atoms with Gasteiger partial charge in [0, 0.05) is 30.9 Å². The van der Waals surface area contributed by atoms with Gasteiger partial charge in [-0.3, -0.25) is 14.4 Å². The number of hydrogen-bond acceptors (Lipinski definition) is 13. The predicted octanol–water partition coefficient (Wildman–Crippen LogP) is 4.15. The Morgan fingerprint density at radius 3 is 2.04 bits per heavy atom. The van der Waals surface area contributed by atoms with Crippen LogP contribution in [0.25, 0.3) is 0 Å². The normalized spacial score (nSPS) is 31.1. The van der Waals surface area contributed by atoms with E-state index in [2.05, 4.69) is 44.5 Å². The van der Waals surface area contributed by atoms with E-state index in [9.17, 15) is 23.8 Å². The summed E-state index contributed by atoms with van der Waals surface area (Å²) in [5.41, 5.74) is 1.64. The zero-order chi connectivity index (χ0) is 40.8. The van der Waals surface area contributed by atoms with Crippen LogP contribution in [0.2, 0.25) is 18.1 Å². The van der Waals surface area contributed by atoms with Crippen molar-refractivity contribution in [1.82, 2.24) is 10.6 Å². The predicted molar refractivity (Wildman–Crippen MR) is 202 cm³/mol. The molecule has 2 amide bonds. The molecule has 18 heteroatoms. The lowest BCUT2D eigenvalue weighted by Gasteiger charge is -2.53. The molecule has 0 aliphatic carbocycles. The molecule has 308 valence electrons. The van der Waals surface area contributed by atoms with Gasteiger partial charge < -0.3 is 48.2 Å². The summed E-state index contributed by atoms with van der Waals surface area (Å²) in [7, 11) is -5.86. The van der Waals surface area contributed by atoms with E-state index in [4.69, 9.17) is 42.1 Å². The molecule has 2 aromatic carbocycles. The summed E-state index contributed by atoms with van der Waals surface area (Å²) < 4.78 is 68.6. The smallest absolute Gasteiger partial charge is 0.457 e. The molecule has 3 heterocycles. The molecule has 3 N–H and O–H groups in total. The first-order chi connectivity index (χ1) is 26.4. The van der Waals surface area contributed by atoms with E-state index >= 15 is 0 Å². The number of hydrogen-bond donors (Lipinski definition) is 3. The number of esters is 1. The van der Waals surface area contributed by atoms with E-state index in [1.165, 1.54) is 20.8 Å². The highest BCUT2D eigenvalue weighted by atomic mass is 31.1. The van der Waals surface area contributed by atoms with E-state index in [0.29, 0.717) is 0 Å². The van der Waals surface area contributed by atoms with E-state index in [1.807, 2.05) is 60.7 Å². The first-order valence-corrected chi connectivity index (χ1v) is 22.6. The van der Waals surface area contributed by atoms with Crippen LogP contribution in [0.15, 0.2) is 60.7 Å². The average Bonchev–Trinajstić information content (AvgIpc) is 3.11. The van der Waals surface area contributed by atoms with Crippen LogP contribution in [-0.2, 0) is 67.7 Å². The van der Waals surface area contributed by atoms with Crippen LogP contribution < -0.4 is 10.6 Å². The lowest BCUT2D eigenvalue weighted by Crippen LogP contribution is -2.71. The number of nitrogens with one attached hydrogen (secondary N) is 2. The summed E-state index contributed by atoms with van der Waals surface area (Å²) in [5, 5.41) is 5.36. The van der Waals surface area contributed by atoms with Crippen molar-refractivity contribution in [3.8, 4) is 0 Å². The monoisotopic (exact) mass is 821 g/mol. The first-order valence-electron chi connectivity index (χ1n) is 18.6. The Balaban J connectivity index is 1.55. The number of amides is 2. The highest BCUT2D eigenvalue weighted by Gasteiger charge is 2.58. The third-order valence-electron chi connectivity index (χ3n) is 10.2. The number of ether oxygens (including phenoxy) is 7. The molecule has 0 radical (unpaired) electrons. The van der Waals surface area contributed by atoms with Crippen molar-refractivity contribution in [2.75, 3.05) is 13.2 Å². The summed E-state index contributed by atoms with van der Waals surface area (Å²) in [6, 6.07) is 16.4. The zero-order valence-electron chi connectivity index (χ0n) is 32.9. The molecule has 0 bridgehead atoms. The van der Waals surface area contributed by atoms with Crippen LogP contribution in [-0.4, -0.2) is 105 Å². The van der Waals surface area contributed by atoms with Crippen molar-refractivity contribution in [1.29, 1.82) is 0 Å². The number of carbonyl (C=O) groups is 3. The number of benzene rings is 2. The van der Waals surface area contributed by atoms with Crippen molar-refractivity contribution in [2.45, 2.75) is 134 Å². The van der Waals surface area contributed by atoms with E-state index in [-0.39, 0.29) is 24.9 Å². The Morgan fingerprint density at radius 1 is 0.857 bits per heavy atom. The van der Waals surface area contributed by atoms with E-state index < -0.39 is 102 Å². The van der Waals surface area contributed by atoms with Gasteiger partial charge in [-0.15, -0.1) is 4.89 Å². The molecule has 2 unspecified atom stereocenters. The molecule has 3 aliphatic rings. The van der Waals surface area contributed by atoms with Crippen molar-refractivity contribution in [3.63, 3.8) is 0 Å². The molecule has 12 atom stereocenters. The Labute approximate surface area is 329 Å². The maximum absolute atomic E-state index is 13.0. The lowest BCUT2D eigenvalue weighted by atomic mass is 9.93. The molecule has 56 heavy (non-hydrogen) atoms. The highest BCUT2D eigenvalue weighted by Crippen LogP contribution is 2.43. The van der Waals surface area contributed by atoms with Gasteiger partial charge in [0.15, 0.2) is 27.0 Å². The molecular formula is C38H54N2O14PSi+. The summed E-state index contributed by atoms with van der Waals surface area (Å²) in [5.74, 6) is -1.73. The second kappa shape index (κ2) is 19.0. The maximum atomic E-state index is 13.0. The van der Waals surface area contributed by atoms with Crippen LogP contribution in [0.4, 0.5) is 0 Å². The molecule has 3 fully saturated rings. The molecule has 5 rings (SSSR count). The topological polar surface area (TPSA) is 196 Å².